The van der Waals surface area contributed by atoms with Crippen LogP contribution < -0.4 is 16.8 Å². The summed E-state index contributed by atoms with van der Waals surface area (Å²) in [6.07, 6.45) is 2.65. The van der Waals surface area contributed by atoms with E-state index in [9.17, 15) is 9.59 Å². The molecule has 140 valence electrons. The van der Waals surface area contributed by atoms with Crippen LogP contribution in [0.15, 0.2) is 47.5 Å². The first kappa shape index (κ1) is 18.4. The van der Waals surface area contributed by atoms with Crippen LogP contribution in [0.4, 0.5) is 11.4 Å². The summed E-state index contributed by atoms with van der Waals surface area (Å²) in [5, 5.41) is 11.9. The number of rotatable bonds is 5. The molecule has 1 atom stereocenters. The van der Waals surface area contributed by atoms with Crippen LogP contribution in [0.25, 0.3) is 0 Å². The number of nitrogens with one attached hydrogen (secondary N) is 1. The van der Waals surface area contributed by atoms with Gasteiger partial charge in [-0.25, -0.2) is 4.99 Å². The first-order valence-corrected chi connectivity index (χ1v) is 8.75. The molecule has 1 aliphatic rings. The molecule has 0 heterocycles. The highest BCUT2D eigenvalue weighted by Crippen LogP contribution is 2.29. The van der Waals surface area contributed by atoms with E-state index >= 15 is 0 Å². The van der Waals surface area contributed by atoms with Gasteiger partial charge < -0.3 is 21.9 Å². The molecule has 0 aliphatic heterocycles. The van der Waals surface area contributed by atoms with E-state index in [2.05, 4.69) is 10.3 Å². The van der Waals surface area contributed by atoms with Crippen LogP contribution in [-0.4, -0.2) is 22.9 Å². The molecule has 1 aliphatic carbocycles. The van der Waals surface area contributed by atoms with Crippen LogP contribution in [0.2, 0.25) is 0 Å². The Bertz CT molecular complexity index is 887. The van der Waals surface area contributed by atoms with Crippen molar-refractivity contribution in [2.75, 3.05) is 5.32 Å². The molecule has 7 nitrogen and oxygen atoms in total. The first-order valence-electron chi connectivity index (χ1n) is 8.75. The molecular formula is C20H22N4O3. The number of aliphatic carboxylic acids is 1. The smallest absolute Gasteiger partial charge is 0.303 e. The topological polar surface area (TPSA) is 131 Å². The Morgan fingerprint density at radius 3 is 2.52 bits per heavy atom. The highest BCUT2D eigenvalue weighted by atomic mass is 16.4. The van der Waals surface area contributed by atoms with Gasteiger partial charge in [-0.1, -0.05) is 6.07 Å². The molecule has 0 aromatic heterocycles. The minimum absolute atomic E-state index is 0.0394. The van der Waals surface area contributed by atoms with E-state index in [0.717, 1.165) is 24.8 Å². The van der Waals surface area contributed by atoms with Crippen LogP contribution in [0, 0.1) is 5.92 Å². The van der Waals surface area contributed by atoms with Crippen molar-refractivity contribution in [3.8, 4) is 0 Å². The second-order valence-electron chi connectivity index (χ2n) is 6.73. The number of amides is 1. The van der Waals surface area contributed by atoms with Crippen molar-refractivity contribution in [1.29, 1.82) is 0 Å². The van der Waals surface area contributed by atoms with E-state index in [1.807, 2.05) is 18.2 Å². The Morgan fingerprint density at radius 1 is 1.11 bits per heavy atom. The number of anilines is 1. The third-order valence-electron chi connectivity index (χ3n) is 4.65. The van der Waals surface area contributed by atoms with Gasteiger partial charge in [-0.15, -0.1) is 0 Å². The maximum atomic E-state index is 12.5. The number of nitrogens with two attached hydrogens (primary N) is 2. The maximum absolute atomic E-state index is 12.5. The summed E-state index contributed by atoms with van der Waals surface area (Å²) in [5.74, 6) is -0.896. The summed E-state index contributed by atoms with van der Waals surface area (Å²) in [6, 6.07) is 12.5. The lowest BCUT2D eigenvalue weighted by Gasteiger charge is -2.24. The second kappa shape index (κ2) is 7.90. The Hall–Kier alpha value is -3.35. The minimum Gasteiger partial charge on any atom is -0.481 e. The average molecular weight is 366 g/mol. The Morgan fingerprint density at radius 2 is 1.85 bits per heavy atom. The molecule has 1 unspecified atom stereocenters. The van der Waals surface area contributed by atoms with Crippen molar-refractivity contribution in [3.05, 3.63) is 59.2 Å². The molecule has 2 aromatic carbocycles. The lowest BCUT2D eigenvalue weighted by atomic mass is 9.82. The van der Waals surface area contributed by atoms with E-state index < -0.39 is 5.97 Å². The zero-order valence-corrected chi connectivity index (χ0v) is 14.8. The molecule has 0 saturated heterocycles. The SMILES string of the molecule is NC(N)=Nc1ccc(C(=O)Nc2ccc3c(c2)CC(CC(=O)O)CC3)cc1. The molecule has 0 fully saturated rings. The standard InChI is InChI=1S/C20H22N4O3/c21-20(22)24-16-6-4-14(5-7-16)19(27)23-17-8-3-13-2-1-12(10-18(25)26)9-15(13)11-17/h3-8,11-12H,1-2,9-10H2,(H,23,27)(H,25,26)(H4,21,22,24). The lowest BCUT2D eigenvalue weighted by Crippen LogP contribution is -2.21. The molecule has 0 saturated carbocycles. The predicted molar refractivity (Wildman–Crippen MR) is 104 cm³/mol. The third kappa shape index (κ3) is 4.84. The van der Waals surface area contributed by atoms with Crippen LogP contribution >= 0.6 is 0 Å². The van der Waals surface area contributed by atoms with Gasteiger partial charge in [0.2, 0.25) is 0 Å². The van der Waals surface area contributed by atoms with Crippen LogP contribution in [0.1, 0.15) is 34.3 Å². The van der Waals surface area contributed by atoms with Gasteiger partial charge >= 0.3 is 5.97 Å². The van der Waals surface area contributed by atoms with Crippen molar-refractivity contribution >= 4 is 29.2 Å². The first-order chi connectivity index (χ1) is 12.9. The number of carboxylic acid groups (broad SMARTS) is 1. The molecule has 6 N–H and O–H groups in total. The van der Waals surface area contributed by atoms with E-state index in [1.54, 1.807) is 24.3 Å². The van der Waals surface area contributed by atoms with Crippen molar-refractivity contribution in [2.24, 2.45) is 22.4 Å². The number of hydrogen-bond acceptors (Lipinski definition) is 3. The Labute approximate surface area is 157 Å². The highest BCUT2D eigenvalue weighted by molar-refractivity contribution is 6.04. The quantitative estimate of drug-likeness (QED) is 0.477. The molecule has 27 heavy (non-hydrogen) atoms. The van der Waals surface area contributed by atoms with Gasteiger partial charge in [-0.2, -0.15) is 0 Å². The normalized spacial score (nSPS) is 15.5. The number of guanidine groups is 1. The van der Waals surface area contributed by atoms with Crippen molar-refractivity contribution in [1.82, 2.24) is 0 Å². The van der Waals surface area contributed by atoms with E-state index in [-0.39, 0.29) is 24.2 Å². The van der Waals surface area contributed by atoms with Crippen LogP contribution in [0.5, 0.6) is 0 Å². The fraction of sp³-hybridized carbons (Fsp3) is 0.250. The van der Waals surface area contributed by atoms with E-state index in [1.165, 1.54) is 5.56 Å². The number of aliphatic imine (C=N–C) groups is 1. The number of hydrogen-bond donors (Lipinski definition) is 4. The van der Waals surface area contributed by atoms with Crippen LogP contribution in [-0.2, 0) is 17.6 Å². The number of fused-ring (bicyclic) bond motifs is 1. The summed E-state index contributed by atoms with van der Waals surface area (Å²) in [4.78, 5) is 27.3. The monoisotopic (exact) mass is 366 g/mol. The van der Waals surface area contributed by atoms with Crippen molar-refractivity contribution < 1.29 is 14.7 Å². The molecule has 1 amide bonds. The maximum Gasteiger partial charge on any atom is 0.303 e. The number of nitrogens with zero attached hydrogens (tertiary/aromatic N) is 1. The Balaban J connectivity index is 1.70. The number of carbonyl (C=O) groups excluding carboxylic acids is 1. The van der Waals surface area contributed by atoms with Crippen molar-refractivity contribution in [2.45, 2.75) is 25.7 Å². The number of carbonyl (C=O) groups is 2. The molecular weight excluding hydrogens is 344 g/mol. The summed E-state index contributed by atoms with van der Waals surface area (Å²) in [7, 11) is 0. The zero-order valence-electron chi connectivity index (χ0n) is 14.8. The fourth-order valence-electron chi connectivity index (χ4n) is 3.37. The fourth-order valence-corrected chi connectivity index (χ4v) is 3.37. The summed E-state index contributed by atoms with van der Waals surface area (Å²) < 4.78 is 0. The second-order valence-corrected chi connectivity index (χ2v) is 6.73. The van der Waals surface area contributed by atoms with E-state index in [0.29, 0.717) is 16.9 Å². The van der Waals surface area contributed by atoms with Crippen molar-refractivity contribution in [3.63, 3.8) is 0 Å². The van der Waals surface area contributed by atoms with Gasteiger partial charge in [0, 0.05) is 17.7 Å². The van der Waals surface area contributed by atoms with Gasteiger partial charge in [0.15, 0.2) is 5.96 Å². The third-order valence-corrected chi connectivity index (χ3v) is 4.65. The molecule has 3 rings (SSSR count). The summed E-state index contributed by atoms with van der Waals surface area (Å²) in [5.41, 5.74) is 14.8. The molecule has 0 bridgehead atoms. The van der Waals surface area contributed by atoms with Crippen LogP contribution in [0.3, 0.4) is 0 Å². The summed E-state index contributed by atoms with van der Waals surface area (Å²) in [6.45, 7) is 0. The lowest BCUT2D eigenvalue weighted by molar-refractivity contribution is -0.138. The van der Waals surface area contributed by atoms with Gasteiger partial charge in [-0.05, 0) is 72.7 Å². The molecule has 0 radical (unpaired) electrons. The minimum atomic E-state index is -0.767. The molecule has 0 spiro atoms. The number of benzene rings is 2. The predicted octanol–water partition coefficient (Wildman–Crippen LogP) is 2.42. The average Bonchev–Trinajstić information content (AvgIpc) is 2.61. The van der Waals surface area contributed by atoms with Gasteiger partial charge in [-0.3, -0.25) is 9.59 Å². The Kier molecular flexibility index (Phi) is 5.40. The zero-order chi connectivity index (χ0) is 19.4. The van der Waals surface area contributed by atoms with Gasteiger partial charge in [0.25, 0.3) is 5.91 Å². The number of carboxylic acids is 1. The van der Waals surface area contributed by atoms with Gasteiger partial charge in [0.1, 0.15) is 0 Å². The number of aryl methyl sites for hydroxylation is 1. The van der Waals surface area contributed by atoms with Gasteiger partial charge in [0.05, 0.1) is 5.69 Å². The van der Waals surface area contributed by atoms with E-state index in [4.69, 9.17) is 16.6 Å². The highest BCUT2D eigenvalue weighted by Gasteiger charge is 2.21. The summed E-state index contributed by atoms with van der Waals surface area (Å²) >= 11 is 0. The largest absolute Gasteiger partial charge is 0.481 e. The molecule has 2 aromatic rings. The molecule has 7 heteroatoms.